The first-order chi connectivity index (χ1) is 8.26. The number of ether oxygens (including phenoxy) is 1. The number of amides is 1. The molecule has 0 aromatic rings. The van der Waals surface area contributed by atoms with E-state index in [9.17, 15) is 22.8 Å². The van der Waals surface area contributed by atoms with Crippen molar-refractivity contribution in [2.45, 2.75) is 12.6 Å². The molecule has 1 amide bonds. The lowest BCUT2D eigenvalue weighted by molar-refractivity contribution is -0.175. The maximum Gasteiger partial charge on any atom is 0.411 e. The third-order valence-electron chi connectivity index (χ3n) is 1.69. The summed E-state index contributed by atoms with van der Waals surface area (Å²) in [6.07, 6.45) is 0.126. The molecule has 0 saturated heterocycles. The molecule has 5 nitrogen and oxygen atoms in total. The second kappa shape index (κ2) is 7.55. The Morgan fingerprint density at radius 2 is 2.00 bits per heavy atom. The highest BCUT2D eigenvalue weighted by Gasteiger charge is 2.27. The minimum atomic E-state index is -4.46. The van der Waals surface area contributed by atoms with Crippen molar-refractivity contribution in [1.82, 2.24) is 4.90 Å². The van der Waals surface area contributed by atoms with Crippen LogP contribution in [0.2, 0.25) is 0 Å². The monoisotopic (exact) mass is 267 g/mol. The molecule has 0 heterocycles. The van der Waals surface area contributed by atoms with Gasteiger partial charge < -0.3 is 14.7 Å². The van der Waals surface area contributed by atoms with E-state index in [-0.39, 0.29) is 13.0 Å². The molecule has 0 aromatic carbocycles. The van der Waals surface area contributed by atoms with Crippen LogP contribution in [0.5, 0.6) is 0 Å². The largest absolute Gasteiger partial charge is 0.480 e. The zero-order valence-corrected chi connectivity index (χ0v) is 9.37. The van der Waals surface area contributed by atoms with Gasteiger partial charge in [0.05, 0.1) is 19.6 Å². The summed E-state index contributed by atoms with van der Waals surface area (Å²) in [5, 5.41) is 8.50. The summed E-state index contributed by atoms with van der Waals surface area (Å²) in [5.41, 5.74) is 0. The standard InChI is InChI=1S/C10H12F3NO4/c1-2-4-14(6-9(16)17)8(15)3-5-18-7-10(11,12)13/h1H,3-7H2,(H,16,17). The van der Waals surface area contributed by atoms with Gasteiger partial charge in [0.1, 0.15) is 13.2 Å². The first-order valence-electron chi connectivity index (χ1n) is 4.84. The van der Waals surface area contributed by atoms with E-state index in [2.05, 4.69) is 10.7 Å². The maximum atomic E-state index is 11.7. The lowest BCUT2D eigenvalue weighted by Crippen LogP contribution is -2.36. The molecule has 8 heteroatoms. The zero-order valence-electron chi connectivity index (χ0n) is 9.37. The number of carboxylic acids is 1. The number of carboxylic acid groups (broad SMARTS) is 1. The molecule has 0 saturated carbocycles. The fourth-order valence-electron chi connectivity index (χ4n) is 1.01. The molecular formula is C10H12F3NO4. The van der Waals surface area contributed by atoms with E-state index in [4.69, 9.17) is 11.5 Å². The third-order valence-corrected chi connectivity index (χ3v) is 1.69. The molecule has 0 radical (unpaired) electrons. The van der Waals surface area contributed by atoms with Gasteiger partial charge in [0, 0.05) is 0 Å². The molecule has 102 valence electrons. The first-order valence-corrected chi connectivity index (χ1v) is 4.84. The summed E-state index contributed by atoms with van der Waals surface area (Å²) in [5.74, 6) is 0.166. The van der Waals surface area contributed by atoms with E-state index in [0.717, 1.165) is 4.90 Å². The summed E-state index contributed by atoms with van der Waals surface area (Å²) >= 11 is 0. The van der Waals surface area contributed by atoms with Crippen LogP contribution in [0.3, 0.4) is 0 Å². The topological polar surface area (TPSA) is 66.8 Å². The summed E-state index contributed by atoms with van der Waals surface area (Å²) < 4.78 is 39.4. The number of carbonyl (C=O) groups is 2. The molecule has 0 aromatic heterocycles. The molecule has 0 fully saturated rings. The van der Waals surface area contributed by atoms with Crippen molar-refractivity contribution >= 4 is 11.9 Å². The van der Waals surface area contributed by atoms with Gasteiger partial charge in [-0.05, 0) is 0 Å². The number of aliphatic carboxylic acids is 1. The molecule has 0 rings (SSSR count). The van der Waals surface area contributed by atoms with Gasteiger partial charge in [0.15, 0.2) is 0 Å². The van der Waals surface area contributed by atoms with Crippen molar-refractivity contribution in [1.29, 1.82) is 0 Å². The lowest BCUT2D eigenvalue weighted by atomic mass is 10.3. The van der Waals surface area contributed by atoms with E-state index < -0.39 is 37.8 Å². The molecule has 0 unspecified atom stereocenters. The Morgan fingerprint density at radius 1 is 1.39 bits per heavy atom. The average Bonchev–Trinajstić information content (AvgIpc) is 2.21. The quantitative estimate of drug-likeness (QED) is 0.539. The Morgan fingerprint density at radius 3 is 2.44 bits per heavy atom. The molecule has 18 heavy (non-hydrogen) atoms. The minimum Gasteiger partial charge on any atom is -0.480 e. The van der Waals surface area contributed by atoms with Crippen LogP contribution in [-0.4, -0.2) is 54.4 Å². The smallest absolute Gasteiger partial charge is 0.411 e. The van der Waals surface area contributed by atoms with E-state index in [1.807, 2.05) is 0 Å². The normalized spacial score (nSPS) is 10.8. The summed E-state index contributed by atoms with van der Waals surface area (Å²) in [6, 6.07) is 0. The lowest BCUT2D eigenvalue weighted by Gasteiger charge is -2.17. The molecule has 1 N–H and O–H groups in total. The highest BCUT2D eigenvalue weighted by molar-refractivity contribution is 5.81. The van der Waals surface area contributed by atoms with Crippen molar-refractivity contribution in [3.05, 3.63) is 0 Å². The van der Waals surface area contributed by atoms with Gasteiger partial charge in [-0.1, -0.05) is 5.92 Å². The van der Waals surface area contributed by atoms with E-state index in [0.29, 0.717) is 0 Å². The van der Waals surface area contributed by atoms with E-state index in [1.165, 1.54) is 0 Å². The van der Waals surface area contributed by atoms with Gasteiger partial charge in [-0.3, -0.25) is 9.59 Å². The molecule has 0 aliphatic carbocycles. The Balaban J connectivity index is 4.04. The SMILES string of the molecule is C#CCN(CC(=O)O)C(=O)CCOCC(F)(F)F. The van der Waals surface area contributed by atoms with Crippen molar-refractivity contribution in [3.63, 3.8) is 0 Å². The fourth-order valence-corrected chi connectivity index (χ4v) is 1.01. The van der Waals surface area contributed by atoms with Gasteiger partial charge in [-0.25, -0.2) is 0 Å². The predicted molar refractivity (Wildman–Crippen MR) is 54.5 cm³/mol. The second-order valence-electron chi connectivity index (χ2n) is 3.27. The second-order valence-corrected chi connectivity index (χ2v) is 3.27. The van der Waals surface area contributed by atoms with Gasteiger partial charge >= 0.3 is 12.1 Å². The van der Waals surface area contributed by atoms with Crippen molar-refractivity contribution in [2.24, 2.45) is 0 Å². The van der Waals surface area contributed by atoms with Gasteiger partial charge in [0.25, 0.3) is 0 Å². The third kappa shape index (κ3) is 8.41. The Labute approximate surface area is 102 Å². The number of hydrogen-bond acceptors (Lipinski definition) is 3. The summed E-state index contributed by atoms with van der Waals surface area (Å²) in [7, 11) is 0. The van der Waals surface area contributed by atoms with Crippen LogP contribution in [0.15, 0.2) is 0 Å². The zero-order chi connectivity index (χ0) is 14.2. The number of rotatable bonds is 7. The molecule has 0 aliphatic rings. The molecular weight excluding hydrogens is 255 g/mol. The van der Waals surface area contributed by atoms with Crippen LogP contribution in [0, 0.1) is 12.3 Å². The minimum absolute atomic E-state index is 0.218. The van der Waals surface area contributed by atoms with Gasteiger partial charge in [-0.2, -0.15) is 13.2 Å². The van der Waals surface area contributed by atoms with Crippen LogP contribution in [0.1, 0.15) is 6.42 Å². The summed E-state index contributed by atoms with van der Waals surface area (Å²) in [4.78, 5) is 22.7. The Hall–Kier alpha value is -1.75. The van der Waals surface area contributed by atoms with Crippen LogP contribution in [-0.2, 0) is 14.3 Å². The highest BCUT2D eigenvalue weighted by atomic mass is 19.4. The van der Waals surface area contributed by atoms with Crippen LogP contribution in [0.25, 0.3) is 0 Å². The first kappa shape index (κ1) is 16.2. The number of hydrogen-bond donors (Lipinski definition) is 1. The van der Waals surface area contributed by atoms with E-state index >= 15 is 0 Å². The highest BCUT2D eigenvalue weighted by Crippen LogP contribution is 2.14. The van der Waals surface area contributed by atoms with Crippen molar-refractivity contribution < 1.29 is 32.6 Å². The number of terminal acetylenes is 1. The average molecular weight is 267 g/mol. The van der Waals surface area contributed by atoms with Crippen molar-refractivity contribution in [2.75, 3.05) is 26.3 Å². The van der Waals surface area contributed by atoms with Crippen LogP contribution >= 0.6 is 0 Å². The van der Waals surface area contributed by atoms with Crippen molar-refractivity contribution in [3.8, 4) is 12.3 Å². The number of alkyl halides is 3. The van der Waals surface area contributed by atoms with Gasteiger partial charge in [0.2, 0.25) is 5.91 Å². The predicted octanol–water partition coefficient (Wildman–Crippen LogP) is 0.502. The van der Waals surface area contributed by atoms with Crippen LogP contribution in [0.4, 0.5) is 13.2 Å². The molecule has 0 aliphatic heterocycles. The fraction of sp³-hybridized carbons (Fsp3) is 0.600. The molecule has 0 spiro atoms. The Kier molecular flexibility index (Phi) is 6.82. The number of carbonyl (C=O) groups excluding carboxylic acids is 1. The van der Waals surface area contributed by atoms with E-state index in [1.54, 1.807) is 0 Å². The summed E-state index contributed by atoms with van der Waals surface area (Å²) in [6.45, 7) is -2.71. The number of halogens is 3. The number of nitrogens with zero attached hydrogens (tertiary/aromatic N) is 1. The Bertz CT molecular complexity index is 335. The molecule has 0 atom stereocenters. The maximum absolute atomic E-state index is 11.7. The van der Waals surface area contributed by atoms with Gasteiger partial charge in [-0.15, -0.1) is 6.42 Å². The molecule has 0 bridgehead atoms. The van der Waals surface area contributed by atoms with Crippen LogP contribution < -0.4 is 0 Å².